The van der Waals surface area contributed by atoms with Gasteiger partial charge in [-0.3, -0.25) is 4.79 Å². The fraction of sp³-hybridized carbons (Fsp3) is 0.562. The van der Waals surface area contributed by atoms with Gasteiger partial charge in [0, 0.05) is 30.6 Å². The summed E-state index contributed by atoms with van der Waals surface area (Å²) in [6.45, 7) is 7.42. The number of hydrogen-bond acceptors (Lipinski definition) is 4. The van der Waals surface area contributed by atoms with Crippen molar-refractivity contribution < 1.29 is 4.79 Å². The predicted octanol–water partition coefficient (Wildman–Crippen LogP) is 1.88. The Morgan fingerprint density at radius 1 is 1.45 bits per heavy atom. The molecule has 0 spiro atoms. The van der Waals surface area contributed by atoms with Gasteiger partial charge in [0.1, 0.15) is 0 Å². The molecule has 0 bridgehead atoms. The van der Waals surface area contributed by atoms with E-state index in [1.54, 1.807) is 6.20 Å². The van der Waals surface area contributed by atoms with Crippen LogP contribution in [0.15, 0.2) is 12.3 Å². The Labute approximate surface area is 130 Å². The highest BCUT2D eigenvalue weighted by molar-refractivity contribution is 5.98. The molecule has 0 saturated carbocycles. The van der Waals surface area contributed by atoms with E-state index in [1.807, 2.05) is 22.6 Å². The molecule has 1 amide bonds. The quantitative estimate of drug-likeness (QED) is 0.919. The number of nitrogens with zero attached hydrogens (tertiary/aromatic N) is 4. The van der Waals surface area contributed by atoms with E-state index in [-0.39, 0.29) is 18.0 Å². The molecular weight excluding hydrogens is 278 g/mol. The van der Waals surface area contributed by atoms with Crippen molar-refractivity contribution in [2.75, 3.05) is 13.1 Å². The number of likely N-dealkylation sites (tertiary alicyclic amines) is 1. The summed E-state index contributed by atoms with van der Waals surface area (Å²) in [7, 11) is 0. The van der Waals surface area contributed by atoms with Gasteiger partial charge in [0.2, 0.25) is 0 Å². The van der Waals surface area contributed by atoms with Gasteiger partial charge in [0.05, 0.1) is 17.5 Å². The molecule has 1 saturated heterocycles. The first-order valence-electron chi connectivity index (χ1n) is 7.87. The number of nitrogens with two attached hydrogens (primary N) is 1. The number of hydrogen-bond donors (Lipinski definition) is 1. The summed E-state index contributed by atoms with van der Waals surface area (Å²) in [4.78, 5) is 19.2. The van der Waals surface area contributed by atoms with Gasteiger partial charge in [-0.05, 0) is 39.7 Å². The Balaban J connectivity index is 1.97. The lowest BCUT2D eigenvalue weighted by molar-refractivity contribution is 0.0708. The molecule has 2 aromatic rings. The molecule has 2 N–H and O–H groups in total. The van der Waals surface area contributed by atoms with Gasteiger partial charge >= 0.3 is 0 Å². The van der Waals surface area contributed by atoms with Crippen LogP contribution < -0.4 is 5.73 Å². The van der Waals surface area contributed by atoms with Crippen LogP contribution in [0.25, 0.3) is 11.0 Å². The average Bonchev–Trinajstić information content (AvgIpc) is 2.88. The molecule has 1 aliphatic heterocycles. The van der Waals surface area contributed by atoms with Crippen molar-refractivity contribution in [3.05, 3.63) is 23.5 Å². The van der Waals surface area contributed by atoms with Crippen molar-refractivity contribution in [1.82, 2.24) is 19.7 Å². The smallest absolute Gasteiger partial charge is 0.255 e. The van der Waals surface area contributed by atoms with E-state index in [2.05, 4.69) is 23.9 Å². The largest absolute Gasteiger partial charge is 0.337 e. The van der Waals surface area contributed by atoms with Crippen LogP contribution in [0.1, 0.15) is 48.8 Å². The number of pyridine rings is 1. The number of carbonyl (C=O) groups is 1. The van der Waals surface area contributed by atoms with Crippen LogP contribution in [0.2, 0.25) is 0 Å². The maximum Gasteiger partial charge on any atom is 0.255 e. The van der Waals surface area contributed by atoms with E-state index in [9.17, 15) is 4.79 Å². The summed E-state index contributed by atoms with van der Waals surface area (Å²) < 4.78 is 1.88. The van der Waals surface area contributed by atoms with Gasteiger partial charge in [0.15, 0.2) is 5.65 Å². The van der Waals surface area contributed by atoms with Crippen LogP contribution in [-0.2, 0) is 0 Å². The molecule has 1 fully saturated rings. The highest BCUT2D eigenvalue weighted by Gasteiger charge is 2.24. The third-order valence-electron chi connectivity index (χ3n) is 4.22. The molecule has 6 nitrogen and oxygen atoms in total. The summed E-state index contributed by atoms with van der Waals surface area (Å²) in [5.41, 5.74) is 8.22. The maximum atomic E-state index is 12.8. The molecule has 1 aliphatic rings. The topological polar surface area (TPSA) is 77.0 Å². The van der Waals surface area contributed by atoms with E-state index < -0.39 is 0 Å². The van der Waals surface area contributed by atoms with Crippen LogP contribution in [-0.4, -0.2) is 44.7 Å². The lowest BCUT2D eigenvalue weighted by atomic mass is 10.0. The van der Waals surface area contributed by atoms with Gasteiger partial charge in [-0.2, -0.15) is 5.10 Å². The number of aromatic nitrogens is 3. The molecule has 2 aromatic heterocycles. The van der Waals surface area contributed by atoms with Gasteiger partial charge in [-0.1, -0.05) is 0 Å². The average molecular weight is 301 g/mol. The third kappa shape index (κ3) is 2.59. The summed E-state index contributed by atoms with van der Waals surface area (Å²) in [5, 5.41) is 5.28. The second-order valence-electron chi connectivity index (χ2n) is 6.37. The van der Waals surface area contributed by atoms with Crippen molar-refractivity contribution in [1.29, 1.82) is 0 Å². The summed E-state index contributed by atoms with van der Waals surface area (Å²) in [6.07, 6.45) is 3.73. The second-order valence-corrected chi connectivity index (χ2v) is 6.37. The zero-order valence-electron chi connectivity index (χ0n) is 13.4. The van der Waals surface area contributed by atoms with E-state index in [1.165, 1.54) is 0 Å². The molecule has 118 valence electrons. The highest BCUT2D eigenvalue weighted by atomic mass is 16.2. The molecule has 0 radical (unpaired) electrons. The van der Waals surface area contributed by atoms with E-state index in [0.717, 1.165) is 36.1 Å². The first-order chi connectivity index (χ1) is 10.5. The van der Waals surface area contributed by atoms with E-state index >= 15 is 0 Å². The molecular formula is C16H23N5O. The first kappa shape index (κ1) is 15.0. The van der Waals surface area contributed by atoms with Crippen molar-refractivity contribution in [3.8, 4) is 0 Å². The highest BCUT2D eigenvalue weighted by Crippen LogP contribution is 2.21. The van der Waals surface area contributed by atoms with Crippen LogP contribution in [0.5, 0.6) is 0 Å². The van der Waals surface area contributed by atoms with Gasteiger partial charge in [0.25, 0.3) is 5.91 Å². The lowest BCUT2D eigenvalue weighted by Crippen LogP contribution is -2.45. The molecule has 22 heavy (non-hydrogen) atoms. The van der Waals surface area contributed by atoms with Crippen LogP contribution >= 0.6 is 0 Å². The molecule has 1 unspecified atom stereocenters. The molecule has 0 aromatic carbocycles. The minimum Gasteiger partial charge on any atom is -0.337 e. The molecule has 1 atom stereocenters. The van der Waals surface area contributed by atoms with Gasteiger partial charge in [-0.15, -0.1) is 0 Å². The monoisotopic (exact) mass is 301 g/mol. The summed E-state index contributed by atoms with van der Waals surface area (Å²) in [5.74, 6) is 0.0272. The van der Waals surface area contributed by atoms with Gasteiger partial charge < -0.3 is 10.6 Å². The Bertz CT molecular complexity index is 706. The van der Waals surface area contributed by atoms with Crippen molar-refractivity contribution in [3.63, 3.8) is 0 Å². The number of carbonyl (C=O) groups excluding carboxylic acids is 1. The number of amides is 1. The second kappa shape index (κ2) is 5.68. The van der Waals surface area contributed by atoms with Crippen LogP contribution in [0.3, 0.4) is 0 Å². The maximum absolute atomic E-state index is 12.8. The van der Waals surface area contributed by atoms with Crippen LogP contribution in [0, 0.1) is 6.92 Å². The minimum atomic E-state index is 0.0272. The summed E-state index contributed by atoms with van der Waals surface area (Å²) in [6, 6.07) is 2.23. The molecule has 3 heterocycles. The Morgan fingerprint density at radius 3 is 2.91 bits per heavy atom. The Kier molecular flexibility index (Phi) is 3.87. The number of fused-ring (bicyclic) bond motifs is 1. The SMILES string of the molecule is Cc1nc2c(cnn2C(C)C)cc1C(=O)N1CCCC(N)C1. The van der Waals surface area contributed by atoms with Crippen molar-refractivity contribution >= 4 is 16.9 Å². The number of rotatable bonds is 2. The minimum absolute atomic E-state index is 0.0272. The van der Waals surface area contributed by atoms with Crippen LogP contribution in [0.4, 0.5) is 0 Å². The van der Waals surface area contributed by atoms with Crippen molar-refractivity contribution in [2.45, 2.75) is 45.7 Å². The van der Waals surface area contributed by atoms with E-state index in [0.29, 0.717) is 12.1 Å². The normalized spacial score (nSPS) is 19.1. The molecule has 0 aliphatic carbocycles. The zero-order chi connectivity index (χ0) is 15.9. The molecule has 3 rings (SSSR count). The Morgan fingerprint density at radius 2 is 2.23 bits per heavy atom. The zero-order valence-corrected chi connectivity index (χ0v) is 13.4. The predicted molar refractivity (Wildman–Crippen MR) is 85.8 cm³/mol. The number of aryl methyl sites for hydroxylation is 1. The number of piperidine rings is 1. The standard InChI is InChI=1S/C16H23N5O/c1-10(2)21-15-12(8-18-21)7-14(11(3)19-15)16(22)20-6-4-5-13(17)9-20/h7-8,10,13H,4-6,9,17H2,1-3H3. The van der Waals surface area contributed by atoms with Gasteiger partial charge in [-0.25, -0.2) is 9.67 Å². The fourth-order valence-corrected chi connectivity index (χ4v) is 3.02. The molecule has 6 heteroatoms. The lowest BCUT2D eigenvalue weighted by Gasteiger charge is -2.31. The van der Waals surface area contributed by atoms with Crippen molar-refractivity contribution in [2.24, 2.45) is 5.73 Å². The van der Waals surface area contributed by atoms with E-state index in [4.69, 9.17) is 5.73 Å². The summed E-state index contributed by atoms with van der Waals surface area (Å²) >= 11 is 0. The Hall–Kier alpha value is -1.95. The fourth-order valence-electron chi connectivity index (χ4n) is 3.02. The first-order valence-corrected chi connectivity index (χ1v) is 7.87. The third-order valence-corrected chi connectivity index (χ3v) is 4.22.